The Morgan fingerprint density at radius 2 is 1.97 bits per heavy atom. The van der Waals surface area contributed by atoms with Crippen molar-refractivity contribution in [2.24, 2.45) is 0 Å². The molecule has 1 atom stereocenters. The minimum absolute atomic E-state index is 0.0695. The van der Waals surface area contributed by atoms with Gasteiger partial charge in [0.2, 0.25) is 0 Å². The van der Waals surface area contributed by atoms with E-state index >= 15 is 4.39 Å². The summed E-state index contributed by atoms with van der Waals surface area (Å²) in [6.45, 7) is 11.4. The van der Waals surface area contributed by atoms with Crippen LogP contribution in [-0.4, -0.2) is 29.6 Å². The van der Waals surface area contributed by atoms with E-state index in [0.717, 1.165) is 41.1 Å². The molecule has 2 aliphatic rings. The van der Waals surface area contributed by atoms with Crippen LogP contribution in [0.4, 0.5) is 4.39 Å². The van der Waals surface area contributed by atoms with Crippen molar-refractivity contribution in [3.05, 3.63) is 41.3 Å². The molecule has 0 saturated heterocycles. The monoisotopic (exact) mass is 448 g/mol. The zero-order chi connectivity index (χ0) is 21.7. The Morgan fingerprint density at radius 3 is 2.63 bits per heavy atom. The number of halogens is 2. The van der Waals surface area contributed by atoms with Crippen LogP contribution in [0.5, 0.6) is 0 Å². The van der Waals surface area contributed by atoms with Crippen molar-refractivity contribution in [2.45, 2.75) is 95.2 Å². The van der Waals surface area contributed by atoms with Crippen molar-refractivity contribution in [2.75, 3.05) is 0 Å². The fraction of sp³-hybridized carbons (Fsp3) is 0.625. The summed E-state index contributed by atoms with van der Waals surface area (Å²) in [4.78, 5) is 4.31. The largest absolute Gasteiger partial charge is 0.414 e. The first-order chi connectivity index (χ1) is 14.0. The van der Waals surface area contributed by atoms with Crippen molar-refractivity contribution < 1.29 is 8.82 Å². The maximum atomic E-state index is 15.7. The minimum Gasteiger partial charge on any atom is -0.414 e. The van der Waals surface area contributed by atoms with Crippen molar-refractivity contribution in [3.8, 4) is 11.3 Å². The molecule has 1 aromatic heterocycles. The number of hydrogen-bond donors (Lipinski definition) is 0. The number of nitrogens with zero attached hydrogens (tertiary/aromatic N) is 2. The van der Waals surface area contributed by atoms with Crippen molar-refractivity contribution >= 4 is 19.9 Å². The molecule has 0 N–H and O–H groups in total. The lowest BCUT2D eigenvalue weighted by Gasteiger charge is -2.42. The average Bonchev–Trinajstić information content (AvgIpc) is 3.23. The van der Waals surface area contributed by atoms with Crippen LogP contribution in [0.3, 0.4) is 0 Å². The predicted octanol–water partition coefficient (Wildman–Crippen LogP) is 7.56. The number of imidazole rings is 1. The summed E-state index contributed by atoms with van der Waals surface area (Å²) < 4.78 is 24.5. The average molecular weight is 449 g/mol. The van der Waals surface area contributed by atoms with E-state index in [1.165, 1.54) is 0 Å². The molecule has 4 rings (SSSR count). The van der Waals surface area contributed by atoms with E-state index in [1.807, 2.05) is 24.7 Å². The van der Waals surface area contributed by atoms with E-state index in [-0.39, 0.29) is 17.2 Å². The zero-order valence-corrected chi connectivity index (χ0v) is 20.6. The highest BCUT2D eigenvalue weighted by atomic mass is 35.5. The van der Waals surface area contributed by atoms with E-state index in [9.17, 15) is 0 Å². The topological polar surface area (TPSA) is 27.1 Å². The second kappa shape index (κ2) is 7.75. The smallest absolute Gasteiger partial charge is 0.192 e. The van der Waals surface area contributed by atoms with Crippen LogP contribution in [0, 0.1) is 0 Å². The third kappa shape index (κ3) is 4.01. The number of benzene rings is 1. The number of fused-ring (bicyclic) bond motifs is 3. The van der Waals surface area contributed by atoms with Gasteiger partial charge in [-0.2, -0.15) is 0 Å². The first-order valence-corrected chi connectivity index (χ1v) is 14.5. The fourth-order valence-electron chi connectivity index (χ4n) is 4.75. The van der Waals surface area contributed by atoms with Gasteiger partial charge in [0.15, 0.2) is 8.32 Å². The molecule has 0 radical (unpaired) electrons. The highest BCUT2D eigenvalue weighted by Crippen LogP contribution is 2.47. The van der Waals surface area contributed by atoms with Gasteiger partial charge in [0.25, 0.3) is 0 Å². The third-order valence-electron chi connectivity index (χ3n) is 7.63. The highest BCUT2D eigenvalue weighted by molar-refractivity contribution is 6.74. The standard InChI is InChI=1S/C24H34ClFN2OSi/c1-23(2,3)30(4,5)29-17-9-12-24(26,13-10-17)14-11-20-22-18(7-6-8-19(22)25)21-15-27-16-28(20)21/h6-8,15-17,20H,9-14H2,1-5H3. The predicted molar refractivity (Wildman–Crippen MR) is 124 cm³/mol. The molecule has 1 aromatic carbocycles. The molecule has 1 aliphatic carbocycles. The van der Waals surface area contributed by atoms with Gasteiger partial charge in [-0.3, -0.25) is 0 Å². The van der Waals surface area contributed by atoms with E-state index < -0.39 is 14.0 Å². The van der Waals surface area contributed by atoms with Crippen molar-refractivity contribution in [3.63, 3.8) is 0 Å². The summed E-state index contributed by atoms with van der Waals surface area (Å²) in [5.41, 5.74) is 2.22. The molecule has 6 heteroatoms. The molecule has 2 aromatic rings. The molecular weight excluding hydrogens is 415 g/mol. The van der Waals surface area contributed by atoms with Gasteiger partial charge in [-0.15, -0.1) is 0 Å². The van der Waals surface area contributed by atoms with Crippen LogP contribution in [0.25, 0.3) is 11.3 Å². The van der Waals surface area contributed by atoms with Gasteiger partial charge in [0.1, 0.15) is 5.67 Å². The Morgan fingerprint density at radius 1 is 1.27 bits per heavy atom. The summed E-state index contributed by atoms with van der Waals surface area (Å²) >= 11 is 6.54. The molecule has 2 heterocycles. The van der Waals surface area contributed by atoms with Gasteiger partial charge in [-0.05, 0) is 62.7 Å². The molecule has 0 amide bonds. The second-order valence-corrected chi connectivity index (χ2v) is 15.8. The van der Waals surface area contributed by atoms with Gasteiger partial charge in [-0.25, -0.2) is 9.37 Å². The van der Waals surface area contributed by atoms with E-state index in [1.54, 1.807) is 0 Å². The molecule has 1 saturated carbocycles. The van der Waals surface area contributed by atoms with E-state index in [4.69, 9.17) is 16.0 Å². The molecule has 0 spiro atoms. The lowest BCUT2D eigenvalue weighted by molar-refractivity contribution is 0.0302. The number of hydrogen-bond acceptors (Lipinski definition) is 2. The summed E-state index contributed by atoms with van der Waals surface area (Å²) in [6, 6.07) is 6.06. The normalized spacial score (nSPS) is 26.5. The lowest BCUT2D eigenvalue weighted by Crippen LogP contribution is -2.46. The van der Waals surface area contributed by atoms with Gasteiger partial charge in [0, 0.05) is 22.3 Å². The van der Waals surface area contributed by atoms with Crippen LogP contribution in [0.15, 0.2) is 30.7 Å². The van der Waals surface area contributed by atoms with Gasteiger partial charge < -0.3 is 8.99 Å². The Labute approximate surface area is 186 Å². The van der Waals surface area contributed by atoms with Crippen LogP contribution in [-0.2, 0) is 4.43 Å². The molecule has 0 bridgehead atoms. The molecule has 1 fully saturated rings. The molecule has 1 unspecified atom stereocenters. The van der Waals surface area contributed by atoms with Crippen molar-refractivity contribution in [1.29, 1.82) is 0 Å². The van der Waals surface area contributed by atoms with E-state index in [2.05, 4.69) is 49.5 Å². The van der Waals surface area contributed by atoms with Gasteiger partial charge in [-0.1, -0.05) is 44.5 Å². The maximum absolute atomic E-state index is 15.7. The third-order valence-corrected chi connectivity index (χ3v) is 12.5. The zero-order valence-electron chi connectivity index (χ0n) is 18.8. The maximum Gasteiger partial charge on any atom is 0.192 e. The summed E-state index contributed by atoms with van der Waals surface area (Å²) in [6.07, 6.45) is 8.04. The molecule has 30 heavy (non-hydrogen) atoms. The Hall–Kier alpha value is -1.17. The summed E-state index contributed by atoms with van der Waals surface area (Å²) in [7, 11) is -1.80. The Balaban J connectivity index is 1.40. The molecule has 164 valence electrons. The van der Waals surface area contributed by atoms with Crippen LogP contribution in [0.1, 0.15) is 70.9 Å². The van der Waals surface area contributed by atoms with Crippen molar-refractivity contribution in [1.82, 2.24) is 9.55 Å². The van der Waals surface area contributed by atoms with Crippen LogP contribution < -0.4 is 0 Å². The van der Waals surface area contributed by atoms with E-state index in [0.29, 0.717) is 19.3 Å². The first kappa shape index (κ1) is 22.0. The van der Waals surface area contributed by atoms with Gasteiger partial charge in [0.05, 0.1) is 24.3 Å². The summed E-state index contributed by atoms with van der Waals surface area (Å²) in [5.74, 6) is 0. The number of rotatable bonds is 5. The summed E-state index contributed by atoms with van der Waals surface area (Å²) in [5, 5.41) is 0.954. The molecule has 1 aliphatic heterocycles. The fourth-order valence-corrected chi connectivity index (χ4v) is 6.47. The second-order valence-electron chi connectivity index (χ2n) is 10.7. The Bertz CT molecular complexity index is 912. The minimum atomic E-state index is -1.80. The molecule has 3 nitrogen and oxygen atoms in total. The molecular formula is C24H34ClFN2OSi. The first-order valence-electron chi connectivity index (χ1n) is 11.2. The quantitative estimate of drug-likeness (QED) is 0.441. The lowest BCUT2D eigenvalue weighted by atomic mass is 9.80. The Kier molecular flexibility index (Phi) is 5.69. The SMILES string of the molecule is CC(C)(C)[Si](C)(C)OC1CCC(F)(CCC2c3c(Cl)cccc3-c3cncn32)CC1. The van der Waals surface area contributed by atoms with Gasteiger partial charge >= 0.3 is 0 Å². The van der Waals surface area contributed by atoms with Crippen LogP contribution in [0.2, 0.25) is 23.2 Å². The number of aromatic nitrogens is 2. The number of alkyl halides is 1. The van der Waals surface area contributed by atoms with Crippen LogP contribution >= 0.6 is 11.6 Å². The highest BCUT2D eigenvalue weighted by Gasteiger charge is 2.43.